The highest BCUT2D eigenvalue weighted by atomic mass is 79.9. The van der Waals surface area contributed by atoms with Gasteiger partial charge in [-0.3, -0.25) is 0 Å². The summed E-state index contributed by atoms with van der Waals surface area (Å²) in [6.45, 7) is 0. The van der Waals surface area contributed by atoms with Crippen LogP contribution in [-0.2, 0) is 6.42 Å². The molecular weight excluding hydrogens is 242 g/mol. The van der Waals surface area contributed by atoms with Gasteiger partial charge in [0.1, 0.15) is 6.26 Å². The van der Waals surface area contributed by atoms with Gasteiger partial charge in [0.25, 0.3) is 0 Å². The highest BCUT2D eigenvalue weighted by molar-refractivity contribution is 9.09. The molecule has 0 unspecified atom stereocenters. The van der Waals surface area contributed by atoms with Crippen LogP contribution in [0.3, 0.4) is 0 Å². The van der Waals surface area contributed by atoms with Crippen molar-refractivity contribution in [1.82, 2.24) is 4.98 Å². The molecule has 0 bridgehead atoms. The molecule has 0 aliphatic rings. The lowest BCUT2D eigenvalue weighted by Gasteiger charge is -1.98. The van der Waals surface area contributed by atoms with Gasteiger partial charge in [0.2, 0.25) is 5.89 Å². The molecule has 0 saturated carbocycles. The van der Waals surface area contributed by atoms with Gasteiger partial charge in [-0.1, -0.05) is 28.1 Å². The van der Waals surface area contributed by atoms with Crippen LogP contribution in [0.25, 0.3) is 11.5 Å². The van der Waals surface area contributed by atoms with Crippen LogP contribution < -0.4 is 0 Å². The van der Waals surface area contributed by atoms with Gasteiger partial charge in [-0.25, -0.2) is 4.98 Å². The second-order valence-corrected chi connectivity index (χ2v) is 3.77. The van der Waals surface area contributed by atoms with Crippen molar-refractivity contribution in [2.24, 2.45) is 0 Å². The maximum Gasteiger partial charge on any atom is 0.225 e. The number of nitrogens with zero attached hydrogens (tertiary/aromatic N) is 1. The summed E-state index contributed by atoms with van der Waals surface area (Å²) < 4.78 is 5.20. The molecule has 2 nitrogen and oxygen atoms in total. The lowest BCUT2D eigenvalue weighted by atomic mass is 10.1. The fourth-order valence-electron chi connectivity index (χ4n) is 1.29. The van der Waals surface area contributed by atoms with Gasteiger partial charge in [-0.2, -0.15) is 0 Å². The molecule has 1 heterocycles. The van der Waals surface area contributed by atoms with Gasteiger partial charge < -0.3 is 4.42 Å². The van der Waals surface area contributed by atoms with E-state index in [9.17, 15) is 0 Å². The molecule has 0 atom stereocenters. The molecule has 2 aromatic rings. The van der Waals surface area contributed by atoms with E-state index in [1.807, 2.05) is 12.1 Å². The van der Waals surface area contributed by atoms with Gasteiger partial charge in [0.15, 0.2) is 0 Å². The number of hydrogen-bond donors (Lipinski definition) is 0. The van der Waals surface area contributed by atoms with E-state index in [4.69, 9.17) is 4.42 Å². The average molecular weight is 252 g/mol. The summed E-state index contributed by atoms with van der Waals surface area (Å²) in [6.07, 6.45) is 4.29. The first-order valence-corrected chi connectivity index (χ1v) is 5.57. The van der Waals surface area contributed by atoms with Crippen LogP contribution in [0.1, 0.15) is 5.56 Å². The molecule has 0 saturated heterocycles. The predicted octanol–water partition coefficient (Wildman–Crippen LogP) is 3.28. The third kappa shape index (κ3) is 2.04. The molecule has 1 aromatic heterocycles. The second kappa shape index (κ2) is 4.42. The number of rotatable bonds is 3. The summed E-state index contributed by atoms with van der Waals surface area (Å²) in [4.78, 5) is 4.09. The van der Waals surface area contributed by atoms with Gasteiger partial charge in [-0.15, -0.1) is 0 Å². The van der Waals surface area contributed by atoms with Crippen molar-refractivity contribution in [3.05, 3.63) is 42.3 Å². The number of aromatic nitrogens is 1. The van der Waals surface area contributed by atoms with E-state index in [0.29, 0.717) is 5.89 Å². The van der Waals surface area contributed by atoms with E-state index in [1.54, 1.807) is 12.5 Å². The zero-order valence-corrected chi connectivity index (χ0v) is 9.20. The summed E-state index contributed by atoms with van der Waals surface area (Å²) in [5, 5.41) is 0.991. The Morgan fingerprint density at radius 1 is 1.21 bits per heavy atom. The smallest absolute Gasteiger partial charge is 0.225 e. The average Bonchev–Trinajstić information content (AvgIpc) is 2.72. The summed E-state index contributed by atoms with van der Waals surface area (Å²) in [6, 6.07) is 8.26. The van der Waals surface area contributed by atoms with Crippen molar-refractivity contribution in [2.45, 2.75) is 6.42 Å². The van der Waals surface area contributed by atoms with Gasteiger partial charge in [0.05, 0.1) is 6.20 Å². The van der Waals surface area contributed by atoms with Crippen molar-refractivity contribution in [1.29, 1.82) is 0 Å². The Labute approximate surface area is 91.1 Å². The Kier molecular flexibility index (Phi) is 2.99. The Bertz CT molecular complexity index is 380. The van der Waals surface area contributed by atoms with Crippen LogP contribution in [0.4, 0.5) is 0 Å². The minimum Gasteiger partial charge on any atom is -0.445 e. The van der Waals surface area contributed by atoms with Gasteiger partial charge in [-0.05, 0) is 24.1 Å². The third-order valence-electron chi connectivity index (χ3n) is 2.02. The molecule has 0 radical (unpaired) electrons. The topological polar surface area (TPSA) is 26.0 Å². The van der Waals surface area contributed by atoms with Crippen LogP contribution in [0.15, 0.2) is 41.1 Å². The van der Waals surface area contributed by atoms with E-state index in [0.717, 1.165) is 17.3 Å². The fraction of sp³-hybridized carbons (Fsp3) is 0.182. The normalized spacial score (nSPS) is 10.4. The van der Waals surface area contributed by atoms with Crippen molar-refractivity contribution in [3.8, 4) is 11.5 Å². The van der Waals surface area contributed by atoms with Gasteiger partial charge in [0, 0.05) is 10.9 Å². The molecule has 0 spiro atoms. The number of aryl methyl sites for hydroxylation is 1. The lowest BCUT2D eigenvalue weighted by molar-refractivity contribution is 0.574. The predicted molar refractivity (Wildman–Crippen MR) is 59.4 cm³/mol. The molecule has 14 heavy (non-hydrogen) atoms. The highest BCUT2D eigenvalue weighted by Gasteiger charge is 2.01. The van der Waals surface area contributed by atoms with E-state index < -0.39 is 0 Å². The summed E-state index contributed by atoms with van der Waals surface area (Å²) in [5.74, 6) is 0.676. The first-order valence-electron chi connectivity index (χ1n) is 4.45. The third-order valence-corrected chi connectivity index (χ3v) is 2.41. The number of alkyl halides is 1. The first-order chi connectivity index (χ1) is 6.90. The van der Waals surface area contributed by atoms with Crippen LogP contribution in [0, 0.1) is 0 Å². The van der Waals surface area contributed by atoms with E-state index in [2.05, 4.69) is 33.0 Å². The molecule has 3 heteroatoms. The quantitative estimate of drug-likeness (QED) is 0.783. The number of hydrogen-bond acceptors (Lipinski definition) is 2. The van der Waals surface area contributed by atoms with Crippen LogP contribution in [0.2, 0.25) is 0 Å². The molecule has 2 rings (SSSR count). The van der Waals surface area contributed by atoms with Crippen LogP contribution >= 0.6 is 15.9 Å². The first kappa shape index (κ1) is 9.46. The number of benzene rings is 1. The molecule has 0 amide bonds. The Hall–Kier alpha value is -1.09. The SMILES string of the molecule is BrCCc1ccc(-c2ncco2)cc1. The zero-order chi connectivity index (χ0) is 9.80. The number of oxazole rings is 1. The lowest BCUT2D eigenvalue weighted by Crippen LogP contribution is -1.85. The molecule has 0 aliphatic carbocycles. The summed E-state index contributed by atoms with van der Waals surface area (Å²) in [7, 11) is 0. The highest BCUT2D eigenvalue weighted by Crippen LogP contribution is 2.17. The largest absolute Gasteiger partial charge is 0.445 e. The number of halogens is 1. The van der Waals surface area contributed by atoms with Crippen molar-refractivity contribution in [2.75, 3.05) is 5.33 Å². The van der Waals surface area contributed by atoms with E-state index >= 15 is 0 Å². The maximum atomic E-state index is 5.20. The van der Waals surface area contributed by atoms with Crippen molar-refractivity contribution < 1.29 is 4.42 Å². The minimum absolute atomic E-state index is 0.676. The van der Waals surface area contributed by atoms with Crippen molar-refractivity contribution in [3.63, 3.8) is 0 Å². The molecule has 1 aromatic carbocycles. The van der Waals surface area contributed by atoms with Crippen LogP contribution in [-0.4, -0.2) is 10.3 Å². The summed E-state index contributed by atoms with van der Waals surface area (Å²) in [5.41, 5.74) is 2.34. The van der Waals surface area contributed by atoms with E-state index in [-0.39, 0.29) is 0 Å². The standard InChI is InChI=1S/C11H10BrNO/c12-6-5-9-1-3-10(4-2-9)11-13-7-8-14-11/h1-4,7-8H,5-6H2. The fourth-order valence-corrected chi connectivity index (χ4v) is 1.75. The molecule has 0 fully saturated rings. The summed E-state index contributed by atoms with van der Waals surface area (Å²) >= 11 is 3.41. The van der Waals surface area contributed by atoms with E-state index in [1.165, 1.54) is 5.56 Å². The molecule has 72 valence electrons. The van der Waals surface area contributed by atoms with Gasteiger partial charge >= 0.3 is 0 Å². The Morgan fingerprint density at radius 3 is 2.57 bits per heavy atom. The second-order valence-electron chi connectivity index (χ2n) is 2.97. The maximum absolute atomic E-state index is 5.20. The minimum atomic E-state index is 0.676. The molecule has 0 aliphatic heterocycles. The molecular formula is C11H10BrNO. The monoisotopic (exact) mass is 251 g/mol. The van der Waals surface area contributed by atoms with Crippen molar-refractivity contribution >= 4 is 15.9 Å². The molecule has 0 N–H and O–H groups in total. The zero-order valence-electron chi connectivity index (χ0n) is 7.61. The Balaban J connectivity index is 2.22. The Morgan fingerprint density at radius 2 is 2.00 bits per heavy atom. The van der Waals surface area contributed by atoms with Crippen LogP contribution in [0.5, 0.6) is 0 Å².